The Morgan fingerprint density at radius 1 is 1.04 bits per heavy atom. The Kier molecular flexibility index (Phi) is 4.24. The summed E-state index contributed by atoms with van der Waals surface area (Å²) < 4.78 is 4.78. The van der Waals surface area contributed by atoms with Crippen LogP contribution in [-0.2, 0) is 4.74 Å². The van der Waals surface area contributed by atoms with E-state index < -0.39 is 5.97 Å². The molecular weight excluding hydrogens is 333 g/mol. The molecule has 5 heteroatoms. The van der Waals surface area contributed by atoms with Gasteiger partial charge in [-0.15, -0.1) is 0 Å². The second kappa shape index (κ2) is 6.19. The molecule has 0 saturated carbocycles. The summed E-state index contributed by atoms with van der Waals surface area (Å²) in [7, 11) is 1.35. The van der Waals surface area contributed by atoms with Crippen molar-refractivity contribution in [3.63, 3.8) is 0 Å². The van der Waals surface area contributed by atoms with Gasteiger partial charge in [-0.2, -0.15) is 0 Å². The number of rotatable bonds is 2. The molecule has 1 aromatic heterocycles. The first kappa shape index (κ1) is 15.8. The van der Waals surface area contributed by atoms with Crippen LogP contribution in [0.5, 0.6) is 0 Å². The monoisotopic (exact) mass is 345 g/mol. The second-order valence-electron chi connectivity index (χ2n) is 5.19. The van der Waals surface area contributed by atoms with Crippen LogP contribution < -0.4 is 0 Å². The summed E-state index contributed by atoms with van der Waals surface area (Å²) in [6.45, 7) is 1.97. The zero-order chi connectivity index (χ0) is 16.6. The molecule has 1 heterocycles. The molecule has 0 atom stereocenters. The molecule has 0 radical (unpaired) electrons. The molecule has 2 aromatic carbocycles. The Bertz CT molecular complexity index is 922. The van der Waals surface area contributed by atoms with Crippen molar-refractivity contribution in [2.75, 3.05) is 7.11 Å². The van der Waals surface area contributed by atoms with Gasteiger partial charge in [-0.05, 0) is 30.7 Å². The fraction of sp³-hybridized carbons (Fsp3) is 0.111. The van der Waals surface area contributed by atoms with Gasteiger partial charge in [0.25, 0.3) is 0 Å². The molecule has 116 valence electrons. The van der Waals surface area contributed by atoms with Gasteiger partial charge in [-0.1, -0.05) is 41.4 Å². The van der Waals surface area contributed by atoms with E-state index in [2.05, 4.69) is 4.98 Å². The van der Waals surface area contributed by atoms with Gasteiger partial charge in [0, 0.05) is 22.5 Å². The Morgan fingerprint density at radius 2 is 1.83 bits per heavy atom. The van der Waals surface area contributed by atoms with E-state index in [9.17, 15) is 4.79 Å². The molecule has 0 N–H and O–H groups in total. The Morgan fingerprint density at radius 3 is 2.52 bits per heavy atom. The number of hydrogen-bond acceptors (Lipinski definition) is 3. The number of carbonyl (C=O) groups is 1. The van der Waals surface area contributed by atoms with Crippen molar-refractivity contribution in [1.29, 1.82) is 0 Å². The van der Waals surface area contributed by atoms with Crippen molar-refractivity contribution >= 4 is 39.9 Å². The smallest absolute Gasteiger partial charge is 0.337 e. The van der Waals surface area contributed by atoms with Gasteiger partial charge in [0.05, 0.1) is 28.4 Å². The summed E-state index contributed by atoms with van der Waals surface area (Å²) in [6.07, 6.45) is 1.59. The topological polar surface area (TPSA) is 39.2 Å². The predicted molar refractivity (Wildman–Crippen MR) is 93.3 cm³/mol. The lowest BCUT2D eigenvalue weighted by molar-refractivity contribution is 0.0601. The van der Waals surface area contributed by atoms with Crippen molar-refractivity contribution in [3.8, 4) is 11.3 Å². The first-order valence-electron chi connectivity index (χ1n) is 6.94. The van der Waals surface area contributed by atoms with Crippen molar-refractivity contribution in [3.05, 3.63) is 63.8 Å². The quantitative estimate of drug-likeness (QED) is 0.591. The molecular formula is C18H13Cl2NO2. The maximum Gasteiger partial charge on any atom is 0.337 e. The van der Waals surface area contributed by atoms with E-state index in [0.717, 1.165) is 21.9 Å². The van der Waals surface area contributed by atoms with Gasteiger partial charge >= 0.3 is 5.97 Å². The van der Waals surface area contributed by atoms with Crippen LogP contribution in [0.1, 0.15) is 15.9 Å². The number of fused-ring (bicyclic) bond motifs is 1. The Hall–Kier alpha value is -2.10. The first-order valence-corrected chi connectivity index (χ1v) is 7.70. The normalized spacial score (nSPS) is 10.8. The number of benzene rings is 2. The van der Waals surface area contributed by atoms with Crippen molar-refractivity contribution in [2.24, 2.45) is 0 Å². The van der Waals surface area contributed by atoms with Gasteiger partial charge < -0.3 is 4.74 Å². The molecule has 23 heavy (non-hydrogen) atoms. The van der Waals surface area contributed by atoms with E-state index in [-0.39, 0.29) is 0 Å². The van der Waals surface area contributed by atoms with Crippen LogP contribution in [0.2, 0.25) is 10.0 Å². The van der Waals surface area contributed by atoms with E-state index >= 15 is 0 Å². The van der Waals surface area contributed by atoms with Gasteiger partial charge in [-0.25, -0.2) is 4.79 Å². The molecule has 0 aliphatic rings. The SMILES string of the molecule is COC(=O)c1ccc2c(Cl)cnc(-c3ccc(C)cc3Cl)c2c1. The molecule has 3 rings (SSSR count). The number of hydrogen-bond donors (Lipinski definition) is 0. The molecule has 0 aliphatic carbocycles. The highest BCUT2D eigenvalue weighted by Gasteiger charge is 2.14. The number of carbonyl (C=O) groups excluding carboxylic acids is 1. The summed E-state index contributed by atoms with van der Waals surface area (Å²) in [5.74, 6) is -0.409. The standard InChI is InChI=1S/C18H13Cl2NO2/c1-10-3-5-13(15(19)7-10)17-14-8-11(18(22)23-2)4-6-12(14)16(20)9-21-17/h3-9H,1-2H3. The fourth-order valence-electron chi connectivity index (χ4n) is 2.48. The van der Waals surface area contributed by atoms with Crippen LogP contribution in [0.15, 0.2) is 42.6 Å². The summed E-state index contributed by atoms with van der Waals surface area (Å²) in [5, 5.41) is 2.68. The average molecular weight is 346 g/mol. The average Bonchev–Trinajstić information content (AvgIpc) is 2.55. The zero-order valence-electron chi connectivity index (χ0n) is 12.6. The van der Waals surface area contributed by atoms with Crippen LogP contribution in [0.3, 0.4) is 0 Å². The number of nitrogens with zero attached hydrogens (tertiary/aromatic N) is 1. The minimum absolute atomic E-state index is 0.409. The summed E-state index contributed by atoms with van der Waals surface area (Å²) >= 11 is 12.6. The molecule has 0 saturated heterocycles. The lowest BCUT2D eigenvalue weighted by Gasteiger charge is -2.11. The van der Waals surface area contributed by atoms with E-state index in [4.69, 9.17) is 27.9 Å². The number of aryl methyl sites for hydroxylation is 1. The fourth-order valence-corrected chi connectivity index (χ4v) is 3.02. The van der Waals surface area contributed by atoms with Crippen LogP contribution >= 0.6 is 23.2 Å². The highest BCUT2D eigenvalue weighted by molar-refractivity contribution is 6.36. The van der Waals surface area contributed by atoms with Crippen LogP contribution in [0.4, 0.5) is 0 Å². The second-order valence-corrected chi connectivity index (χ2v) is 6.00. The van der Waals surface area contributed by atoms with Gasteiger partial charge in [-0.3, -0.25) is 4.98 Å². The van der Waals surface area contributed by atoms with Gasteiger partial charge in [0.15, 0.2) is 0 Å². The highest BCUT2D eigenvalue weighted by Crippen LogP contribution is 2.35. The Labute approximate surface area is 143 Å². The number of aromatic nitrogens is 1. The molecule has 0 unspecified atom stereocenters. The third-order valence-corrected chi connectivity index (χ3v) is 4.25. The maximum atomic E-state index is 11.8. The van der Waals surface area contributed by atoms with Crippen LogP contribution in [0, 0.1) is 6.92 Å². The lowest BCUT2D eigenvalue weighted by Crippen LogP contribution is -2.01. The molecule has 0 spiro atoms. The molecule has 0 bridgehead atoms. The highest BCUT2D eigenvalue weighted by atomic mass is 35.5. The van der Waals surface area contributed by atoms with E-state index in [0.29, 0.717) is 21.3 Å². The van der Waals surface area contributed by atoms with Crippen LogP contribution in [0.25, 0.3) is 22.0 Å². The number of ether oxygens (including phenoxy) is 1. The summed E-state index contributed by atoms with van der Waals surface area (Å²) in [6, 6.07) is 11.0. The number of pyridine rings is 1. The lowest BCUT2D eigenvalue weighted by atomic mass is 10.0. The summed E-state index contributed by atoms with van der Waals surface area (Å²) in [5.41, 5.74) is 2.97. The minimum atomic E-state index is -0.409. The molecule has 3 aromatic rings. The molecule has 0 amide bonds. The third-order valence-electron chi connectivity index (χ3n) is 3.64. The molecule has 0 aliphatic heterocycles. The van der Waals surface area contributed by atoms with Crippen LogP contribution in [-0.4, -0.2) is 18.1 Å². The molecule has 0 fully saturated rings. The predicted octanol–water partition coefficient (Wildman–Crippen LogP) is 5.30. The summed E-state index contributed by atoms with van der Waals surface area (Å²) in [4.78, 5) is 16.2. The van der Waals surface area contributed by atoms with Crippen molar-refractivity contribution in [1.82, 2.24) is 4.98 Å². The third kappa shape index (κ3) is 2.90. The largest absolute Gasteiger partial charge is 0.465 e. The maximum absolute atomic E-state index is 11.8. The number of halogens is 2. The minimum Gasteiger partial charge on any atom is -0.465 e. The van der Waals surface area contributed by atoms with Crippen molar-refractivity contribution in [2.45, 2.75) is 6.92 Å². The zero-order valence-corrected chi connectivity index (χ0v) is 14.1. The van der Waals surface area contributed by atoms with Gasteiger partial charge in [0.1, 0.15) is 0 Å². The van der Waals surface area contributed by atoms with Gasteiger partial charge in [0.2, 0.25) is 0 Å². The molecule has 3 nitrogen and oxygen atoms in total. The van der Waals surface area contributed by atoms with Crippen molar-refractivity contribution < 1.29 is 9.53 Å². The van der Waals surface area contributed by atoms with E-state index in [1.807, 2.05) is 25.1 Å². The first-order chi connectivity index (χ1) is 11.0. The Balaban J connectivity index is 2.31. The number of methoxy groups -OCH3 is 1. The number of esters is 1. The van der Waals surface area contributed by atoms with E-state index in [1.54, 1.807) is 24.4 Å². The van der Waals surface area contributed by atoms with E-state index in [1.165, 1.54) is 7.11 Å².